The van der Waals surface area contributed by atoms with Crippen molar-refractivity contribution in [2.75, 3.05) is 0 Å². The van der Waals surface area contributed by atoms with Crippen LogP contribution in [0.4, 0.5) is 0 Å². The summed E-state index contributed by atoms with van der Waals surface area (Å²) in [7, 11) is 0. The van der Waals surface area contributed by atoms with E-state index in [1.165, 1.54) is 0 Å². The monoisotopic (exact) mass is 956 g/mol. The molecule has 3 aromatic heterocycles. The predicted molar refractivity (Wildman–Crippen MR) is 243 cm³/mol. The van der Waals surface area contributed by atoms with Crippen LogP contribution in [0.2, 0.25) is 0 Å². The molecule has 0 N–H and O–H groups in total. The minimum absolute atomic E-state index is 0. The second kappa shape index (κ2) is 17.3. The molecule has 0 aliphatic carbocycles. The van der Waals surface area contributed by atoms with Crippen LogP contribution in [0.1, 0.15) is 90.7 Å². The van der Waals surface area contributed by atoms with Crippen molar-refractivity contribution in [1.82, 2.24) is 14.5 Å². The van der Waals surface area contributed by atoms with Gasteiger partial charge in [0.1, 0.15) is 5.58 Å². The van der Waals surface area contributed by atoms with Gasteiger partial charge in [0.05, 0.1) is 22.4 Å². The summed E-state index contributed by atoms with van der Waals surface area (Å²) in [5.41, 5.74) is 10.9. The van der Waals surface area contributed by atoms with Crippen LogP contribution in [0.25, 0.3) is 72.4 Å². The van der Waals surface area contributed by atoms with E-state index < -0.39 is 30.5 Å². The Hall–Kier alpha value is -5.61. The zero-order chi connectivity index (χ0) is 45.8. The standard InChI is InChI=1S/C28H24NO.C26H27N2.Ir/c1-28(2,3)17-19-11-13-20(14-12-19)21-15-16-25(29-18-21)24-9-6-8-23-22-7-4-5-10-26(22)30-27(23)24;1-17(2)21-9-8-10-22(18(3)4)25(21)28-24-12-7-6-11-23(24)27-26(28)20-15-13-19(5)14-16-20;/h4-8,10-16,18H,17H2,1-3H3;6-15,17-18H,1-5H3;/q2*-1;/i17D2;5D2,17D,18D;. The van der Waals surface area contributed by atoms with Crippen molar-refractivity contribution in [1.29, 1.82) is 0 Å². The molecule has 0 aliphatic rings. The van der Waals surface area contributed by atoms with E-state index in [-0.39, 0.29) is 20.1 Å². The van der Waals surface area contributed by atoms with Crippen molar-refractivity contribution in [3.8, 4) is 39.5 Å². The molecule has 0 bridgehead atoms. The first-order valence-electron chi connectivity index (χ1n) is 22.8. The zero-order valence-corrected chi connectivity index (χ0v) is 36.8. The number of pyridine rings is 1. The Morgan fingerprint density at radius 1 is 0.763 bits per heavy atom. The van der Waals surface area contributed by atoms with Gasteiger partial charge in [0.15, 0.2) is 0 Å². The molecule has 0 aliphatic heterocycles. The van der Waals surface area contributed by atoms with Crippen molar-refractivity contribution in [3.63, 3.8) is 0 Å². The van der Waals surface area contributed by atoms with Gasteiger partial charge in [0.2, 0.25) is 0 Å². The number of rotatable bonds is 7. The third kappa shape index (κ3) is 8.74. The first kappa shape index (κ1) is 34.3. The Kier molecular flexibility index (Phi) is 10.1. The number of aromatic nitrogens is 3. The number of benzene rings is 6. The summed E-state index contributed by atoms with van der Waals surface area (Å²) in [5.74, 6) is -1.13. The molecule has 3 heterocycles. The minimum Gasteiger partial charge on any atom is -0.501 e. The Labute approximate surface area is 371 Å². The summed E-state index contributed by atoms with van der Waals surface area (Å²) in [5, 5.41) is 2.15. The molecule has 0 saturated carbocycles. The maximum absolute atomic E-state index is 8.83. The van der Waals surface area contributed by atoms with E-state index in [0.717, 1.165) is 77.7 Å². The normalized spacial score (nSPS) is 13.8. The van der Waals surface area contributed by atoms with Crippen LogP contribution in [0.5, 0.6) is 0 Å². The van der Waals surface area contributed by atoms with Gasteiger partial charge in [-0.1, -0.05) is 151 Å². The van der Waals surface area contributed by atoms with Gasteiger partial charge < -0.3 is 14.0 Å². The van der Waals surface area contributed by atoms with Crippen LogP contribution in [0, 0.1) is 24.4 Å². The molecule has 0 spiro atoms. The van der Waals surface area contributed by atoms with E-state index in [0.29, 0.717) is 17.0 Å². The largest absolute Gasteiger partial charge is 0.501 e. The van der Waals surface area contributed by atoms with Gasteiger partial charge >= 0.3 is 0 Å². The number of nitrogens with zero attached hydrogens (tertiary/aromatic N) is 3. The fourth-order valence-electron chi connectivity index (χ4n) is 7.37. The molecule has 5 heteroatoms. The molecule has 59 heavy (non-hydrogen) atoms. The zero-order valence-electron chi connectivity index (χ0n) is 40.4. The van der Waals surface area contributed by atoms with Crippen LogP contribution in [0.15, 0.2) is 144 Å². The van der Waals surface area contributed by atoms with E-state index in [1.54, 1.807) is 12.1 Å². The summed E-state index contributed by atoms with van der Waals surface area (Å²) < 4.78 is 58.0. The molecule has 9 rings (SSSR count). The van der Waals surface area contributed by atoms with Gasteiger partial charge in [0, 0.05) is 45.6 Å². The summed E-state index contributed by atoms with van der Waals surface area (Å²) in [6.45, 7) is 12.1. The molecule has 0 amide bonds. The molecule has 4 nitrogen and oxygen atoms in total. The first-order chi connectivity index (χ1) is 30.2. The molecule has 0 atom stereocenters. The summed E-state index contributed by atoms with van der Waals surface area (Å²) in [4.78, 5) is 9.59. The fraction of sp³-hybridized carbons (Fsp3) is 0.222. The smallest absolute Gasteiger partial charge is 0.120 e. The van der Waals surface area contributed by atoms with Crippen molar-refractivity contribution < 1.29 is 32.7 Å². The van der Waals surface area contributed by atoms with Gasteiger partial charge in [0.25, 0.3) is 0 Å². The third-order valence-electron chi connectivity index (χ3n) is 10.1. The third-order valence-corrected chi connectivity index (χ3v) is 10.1. The molecule has 299 valence electrons. The molecular formula is C54H51IrN3O-2. The van der Waals surface area contributed by atoms with Crippen LogP contribution in [0.3, 0.4) is 0 Å². The van der Waals surface area contributed by atoms with E-state index >= 15 is 0 Å². The first-order valence-corrected chi connectivity index (χ1v) is 19.6. The fourth-order valence-corrected chi connectivity index (χ4v) is 7.37. The number of hydrogen-bond donors (Lipinski definition) is 0. The molecule has 9 aromatic rings. The average molecular weight is 956 g/mol. The van der Waals surface area contributed by atoms with Crippen LogP contribution >= 0.6 is 0 Å². The van der Waals surface area contributed by atoms with Gasteiger partial charge in [-0.15, -0.1) is 53.6 Å². The van der Waals surface area contributed by atoms with E-state index in [9.17, 15) is 0 Å². The van der Waals surface area contributed by atoms with Crippen LogP contribution in [-0.4, -0.2) is 14.5 Å². The maximum atomic E-state index is 8.83. The van der Waals surface area contributed by atoms with E-state index in [1.807, 2.05) is 174 Å². The second-order valence-corrected chi connectivity index (χ2v) is 16.1. The van der Waals surface area contributed by atoms with Crippen molar-refractivity contribution in [3.05, 3.63) is 174 Å². The number of imidazole rings is 1. The van der Waals surface area contributed by atoms with E-state index in [2.05, 4.69) is 18.2 Å². The topological polar surface area (TPSA) is 43.9 Å². The molecular weight excluding hydrogens is 899 g/mol. The van der Waals surface area contributed by atoms with Crippen LogP contribution < -0.4 is 0 Å². The predicted octanol–water partition coefficient (Wildman–Crippen LogP) is 14.7. The number of hydrogen-bond acceptors (Lipinski definition) is 3. The Morgan fingerprint density at radius 2 is 1.47 bits per heavy atom. The molecule has 0 saturated heterocycles. The van der Waals surface area contributed by atoms with E-state index in [4.69, 9.17) is 22.6 Å². The summed E-state index contributed by atoms with van der Waals surface area (Å²) in [6.07, 6.45) is 0.437. The summed E-state index contributed by atoms with van der Waals surface area (Å²) in [6, 6.07) is 49.1. The molecule has 0 fully saturated rings. The van der Waals surface area contributed by atoms with Crippen LogP contribution in [-0.2, 0) is 26.5 Å². The van der Waals surface area contributed by atoms with Crippen molar-refractivity contribution in [2.24, 2.45) is 5.41 Å². The number of furan rings is 1. The number of para-hydroxylation sites is 4. The summed E-state index contributed by atoms with van der Waals surface area (Å²) >= 11 is 0. The Balaban J connectivity index is 0.000000191. The molecule has 6 aromatic carbocycles. The Bertz CT molecular complexity index is 3070. The maximum Gasteiger partial charge on any atom is 0.120 e. The number of aryl methyl sites for hydroxylation is 1. The van der Waals surface area contributed by atoms with Gasteiger partial charge in [-0.05, 0) is 75.3 Å². The molecule has 0 unspecified atom stereocenters. The van der Waals surface area contributed by atoms with Crippen molar-refractivity contribution in [2.45, 2.75) is 73.5 Å². The van der Waals surface area contributed by atoms with Gasteiger partial charge in [-0.3, -0.25) is 4.98 Å². The van der Waals surface area contributed by atoms with Gasteiger partial charge in [-0.2, -0.15) is 0 Å². The molecule has 1 radical (unpaired) electrons. The average Bonchev–Trinajstić information content (AvgIpc) is 3.85. The number of fused-ring (bicyclic) bond motifs is 4. The van der Waals surface area contributed by atoms with Gasteiger partial charge in [-0.25, -0.2) is 0 Å². The Morgan fingerprint density at radius 3 is 2.14 bits per heavy atom. The SMILES string of the molecule is [2H]C([2H])(c1ccc(-c2ccc(-c3[c-]ccc4c3oc3ccccc34)nc2)cc1)C(C)(C)C.[2H]C([2H])c1c[c-]c(-c2nc3ccccc3n2-c2c(C([2H])(C)C)cccc2C([2H])(C)C)cc1.[Ir]. The quantitative estimate of drug-likeness (QED) is 0.150. The minimum atomic E-state index is -1.41. The second-order valence-electron chi connectivity index (χ2n) is 16.1. The van der Waals surface area contributed by atoms with Crippen molar-refractivity contribution >= 4 is 33.0 Å².